The highest BCUT2D eigenvalue weighted by Gasteiger charge is 2.33. The number of carboxylic acid groups (broad SMARTS) is 1. The van der Waals surface area contributed by atoms with Crippen molar-refractivity contribution in [2.45, 2.75) is 18.9 Å². The molecule has 1 saturated heterocycles. The zero-order valence-corrected chi connectivity index (χ0v) is 12.3. The standard InChI is InChI=1S/C14H16N6O3/c21-12(19-8-4-7-11(19)13(22)23)9-15-14-16-17-18-20(14)10-5-2-1-3-6-10/h1-3,5-6,11H,4,7-9H2,(H,22,23)(H,15,16,18)/t11-/m0/s1. The molecule has 1 atom stereocenters. The first-order valence-electron chi connectivity index (χ1n) is 7.27. The Hall–Kier alpha value is -2.97. The zero-order valence-electron chi connectivity index (χ0n) is 12.3. The Bertz CT molecular complexity index is 702. The van der Waals surface area contributed by atoms with E-state index in [-0.39, 0.29) is 12.5 Å². The van der Waals surface area contributed by atoms with Gasteiger partial charge in [0, 0.05) is 6.54 Å². The molecule has 0 aliphatic carbocycles. The number of carbonyl (C=O) groups excluding carboxylic acids is 1. The van der Waals surface area contributed by atoms with Crippen LogP contribution in [0.15, 0.2) is 30.3 Å². The van der Waals surface area contributed by atoms with Crippen LogP contribution in [0.4, 0.5) is 5.95 Å². The quantitative estimate of drug-likeness (QED) is 0.807. The number of nitrogens with one attached hydrogen (secondary N) is 1. The number of amides is 1. The Labute approximate surface area is 131 Å². The van der Waals surface area contributed by atoms with E-state index in [2.05, 4.69) is 20.8 Å². The number of para-hydroxylation sites is 1. The zero-order chi connectivity index (χ0) is 16.2. The Morgan fingerprint density at radius 2 is 2.09 bits per heavy atom. The van der Waals surface area contributed by atoms with Gasteiger partial charge in [-0.05, 0) is 35.4 Å². The maximum atomic E-state index is 12.2. The number of likely N-dealkylation sites (tertiary alicyclic amines) is 1. The second-order valence-electron chi connectivity index (χ2n) is 5.19. The van der Waals surface area contributed by atoms with E-state index < -0.39 is 12.0 Å². The van der Waals surface area contributed by atoms with Crippen molar-refractivity contribution in [3.8, 4) is 5.69 Å². The third-order valence-corrected chi connectivity index (χ3v) is 3.73. The number of anilines is 1. The van der Waals surface area contributed by atoms with Gasteiger partial charge >= 0.3 is 5.97 Å². The molecule has 1 aliphatic heterocycles. The van der Waals surface area contributed by atoms with Gasteiger partial charge in [0.2, 0.25) is 11.9 Å². The molecule has 1 amide bonds. The average molecular weight is 316 g/mol. The summed E-state index contributed by atoms with van der Waals surface area (Å²) in [5.74, 6) is -0.918. The van der Waals surface area contributed by atoms with E-state index >= 15 is 0 Å². The van der Waals surface area contributed by atoms with Crippen molar-refractivity contribution in [2.75, 3.05) is 18.4 Å². The second kappa shape index (κ2) is 6.42. The minimum absolute atomic E-state index is 0.0585. The van der Waals surface area contributed by atoms with Crippen molar-refractivity contribution >= 4 is 17.8 Å². The highest BCUT2D eigenvalue weighted by Crippen LogP contribution is 2.17. The van der Waals surface area contributed by atoms with Gasteiger partial charge in [-0.25, -0.2) is 4.79 Å². The molecule has 0 radical (unpaired) electrons. The smallest absolute Gasteiger partial charge is 0.326 e. The molecule has 2 heterocycles. The summed E-state index contributed by atoms with van der Waals surface area (Å²) in [4.78, 5) is 24.7. The van der Waals surface area contributed by atoms with Crippen LogP contribution in [0.2, 0.25) is 0 Å². The molecule has 0 unspecified atom stereocenters. The molecule has 9 heteroatoms. The van der Waals surface area contributed by atoms with Gasteiger partial charge in [0.1, 0.15) is 6.04 Å². The fraction of sp³-hybridized carbons (Fsp3) is 0.357. The van der Waals surface area contributed by atoms with Crippen LogP contribution < -0.4 is 5.32 Å². The lowest BCUT2D eigenvalue weighted by Crippen LogP contribution is -2.43. The predicted octanol–water partition coefficient (Wildman–Crippen LogP) is 0.150. The number of carbonyl (C=O) groups is 2. The van der Waals surface area contributed by atoms with E-state index in [1.54, 1.807) is 0 Å². The minimum Gasteiger partial charge on any atom is -0.480 e. The molecule has 0 spiro atoms. The van der Waals surface area contributed by atoms with Gasteiger partial charge in [-0.2, -0.15) is 4.68 Å². The van der Waals surface area contributed by atoms with E-state index in [1.807, 2.05) is 30.3 Å². The lowest BCUT2D eigenvalue weighted by atomic mass is 10.2. The fourth-order valence-corrected chi connectivity index (χ4v) is 2.62. The van der Waals surface area contributed by atoms with Gasteiger partial charge in [-0.15, -0.1) is 0 Å². The molecule has 0 bridgehead atoms. The lowest BCUT2D eigenvalue weighted by Gasteiger charge is -2.21. The Morgan fingerprint density at radius 1 is 1.30 bits per heavy atom. The normalized spacial score (nSPS) is 17.2. The monoisotopic (exact) mass is 316 g/mol. The maximum Gasteiger partial charge on any atom is 0.326 e. The van der Waals surface area contributed by atoms with Crippen molar-refractivity contribution < 1.29 is 14.7 Å². The number of carboxylic acids is 1. The molecule has 120 valence electrons. The van der Waals surface area contributed by atoms with Gasteiger partial charge in [0.05, 0.1) is 12.2 Å². The molecular weight excluding hydrogens is 300 g/mol. The molecule has 1 aromatic carbocycles. The molecule has 3 rings (SSSR count). The van der Waals surface area contributed by atoms with Gasteiger partial charge in [0.15, 0.2) is 0 Å². The van der Waals surface area contributed by atoms with Crippen molar-refractivity contribution in [1.82, 2.24) is 25.1 Å². The molecule has 1 aliphatic rings. The van der Waals surface area contributed by atoms with Gasteiger partial charge < -0.3 is 15.3 Å². The second-order valence-corrected chi connectivity index (χ2v) is 5.19. The van der Waals surface area contributed by atoms with E-state index in [0.29, 0.717) is 25.3 Å². The average Bonchev–Trinajstić information content (AvgIpc) is 3.22. The predicted molar refractivity (Wildman–Crippen MR) is 80.0 cm³/mol. The summed E-state index contributed by atoms with van der Waals surface area (Å²) in [7, 11) is 0. The largest absolute Gasteiger partial charge is 0.480 e. The summed E-state index contributed by atoms with van der Waals surface area (Å²) in [5, 5.41) is 23.3. The van der Waals surface area contributed by atoms with Gasteiger partial charge in [-0.3, -0.25) is 4.79 Å². The highest BCUT2D eigenvalue weighted by atomic mass is 16.4. The van der Waals surface area contributed by atoms with Crippen molar-refractivity contribution in [2.24, 2.45) is 0 Å². The lowest BCUT2D eigenvalue weighted by molar-refractivity contribution is -0.147. The third kappa shape index (κ3) is 3.12. The third-order valence-electron chi connectivity index (χ3n) is 3.73. The number of nitrogens with zero attached hydrogens (tertiary/aromatic N) is 5. The molecule has 2 N–H and O–H groups in total. The van der Waals surface area contributed by atoms with Crippen molar-refractivity contribution in [3.63, 3.8) is 0 Å². The van der Waals surface area contributed by atoms with Crippen LogP contribution in [0.3, 0.4) is 0 Å². The summed E-state index contributed by atoms with van der Waals surface area (Å²) in [6.07, 6.45) is 1.19. The van der Waals surface area contributed by atoms with E-state index in [1.165, 1.54) is 9.58 Å². The summed E-state index contributed by atoms with van der Waals surface area (Å²) < 4.78 is 1.48. The minimum atomic E-state index is -0.968. The number of aliphatic carboxylic acids is 1. The fourth-order valence-electron chi connectivity index (χ4n) is 2.62. The number of benzene rings is 1. The van der Waals surface area contributed by atoms with Crippen molar-refractivity contribution in [1.29, 1.82) is 0 Å². The Balaban J connectivity index is 1.66. The molecular formula is C14H16N6O3. The van der Waals surface area contributed by atoms with Crippen molar-refractivity contribution in [3.05, 3.63) is 30.3 Å². The van der Waals surface area contributed by atoms with Gasteiger partial charge in [-0.1, -0.05) is 23.3 Å². The van der Waals surface area contributed by atoms with Crippen LogP contribution in [-0.2, 0) is 9.59 Å². The van der Waals surface area contributed by atoms with Crippen LogP contribution in [0.25, 0.3) is 5.69 Å². The topological polar surface area (TPSA) is 113 Å². The van der Waals surface area contributed by atoms with E-state index in [4.69, 9.17) is 5.11 Å². The summed E-state index contributed by atoms with van der Waals surface area (Å²) in [6, 6.07) is 8.52. The molecule has 1 aromatic heterocycles. The van der Waals surface area contributed by atoms with E-state index in [0.717, 1.165) is 5.69 Å². The van der Waals surface area contributed by atoms with Crippen LogP contribution in [0, 0.1) is 0 Å². The first-order chi connectivity index (χ1) is 11.2. The van der Waals surface area contributed by atoms with Crippen LogP contribution in [0.5, 0.6) is 0 Å². The first-order valence-corrected chi connectivity index (χ1v) is 7.27. The first kappa shape index (κ1) is 14.9. The molecule has 1 fully saturated rings. The Morgan fingerprint density at radius 3 is 2.83 bits per heavy atom. The van der Waals surface area contributed by atoms with Gasteiger partial charge in [0.25, 0.3) is 0 Å². The number of tetrazole rings is 1. The van der Waals surface area contributed by atoms with Crippen LogP contribution in [-0.4, -0.2) is 61.2 Å². The highest BCUT2D eigenvalue weighted by molar-refractivity contribution is 5.86. The summed E-state index contributed by atoms with van der Waals surface area (Å²) in [5.41, 5.74) is 0.761. The molecule has 0 saturated carbocycles. The Kier molecular flexibility index (Phi) is 4.18. The van der Waals surface area contributed by atoms with Crippen LogP contribution in [0.1, 0.15) is 12.8 Å². The summed E-state index contributed by atoms with van der Waals surface area (Å²) >= 11 is 0. The molecule has 2 aromatic rings. The molecule has 9 nitrogen and oxygen atoms in total. The maximum absolute atomic E-state index is 12.2. The molecule has 23 heavy (non-hydrogen) atoms. The SMILES string of the molecule is O=C(O)[C@@H]1CCCN1C(=O)CNc1nnnn1-c1ccccc1. The van der Waals surface area contributed by atoms with Crippen LogP contribution >= 0.6 is 0 Å². The number of aromatic nitrogens is 4. The number of rotatable bonds is 5. The number of hydrogen-bond acceptors (Lipinski definition) is 6. The van der Waals surface area contributed by atoms with E-state index in [9.17, 15) is 9.59 Å². The summed E-state index contributed by atoms with van der Waals surface area (Å²) in [6.45, 7) is 0.401. The number of hydrogen-bond donors (Lipinski definition) is 2.